The predicted octanol–water partition coefficient (Wildman–Crippen LogP) is 3.20. The van der Waals surface area contributed by atoms with E-state index in [9.17, 15) is 22.8 Å². The van der Waals surface area contributed by atoms with Gasteiger partial charge in [0.1, 0.15) is 12.4 Å². The first-order valence-corrected chi connectivity index (χ1v) is 9.68. The Balaban J connectivity index is 1.63. The topological polar surface area (TPSA) is 81.3 Å². The van der Waals surface area contributed by atoms with Crippen LogP contribution in [0.25, 0.3) is 17.0 Å². The standard InChI is InChI=1S/C22H18F3N5O2/c1-14-11-18-28-29(13-19(31)26-12-15-5-3-2-4-6-15)21(32)30(18)20(27-14)16-7-9-17(10-8-16)22(23,24)25/h2-11H,12-13H2,1H3,(H,26,31). The van der Waals surface area contributed by atoms with E-state index in [1.165, 1.54) is 16.5 Å². The van der Waals surface area contributed by atoms with E-state index in [0.717, 1.165) is 22.4 Å². The predicted molar refractivity (Wildman–Crippen MR) is 111 cm³/mol. The molecular weight excluding hydrogens is 423 g/mol. The van der Waals surface area contributed by atoms with E-state index < -0.39 is 23.3 Å². The van der Waals surface area contributed by atoms with Gasteiger partial charge in [0, 0.05) is 23.9 Å². The van der Waals surface area contributed by atoms with E-state index in [1.807, 2.05) is 30.3 Å². The molecule has 0 bridgehead atoms. The zero-order valence-corrected chi connectivity index (χ0v) is 16.9. The van der Waals surface area contributed by atoms with Gasteiger partial charge in [0.05, 0.1) is 5.56 Å². The van der Waals surface area contributed by atoms with Crippen LogP contribution in [-0.2, 0) is 24.1 Å². The van der Waals surface area contributed by atoms with E-state index in [4.69, 9.17) is 0 Å². The molecule has 1 amide bonds. The van der Waals surface area contributed by atoms with Crippen molar-refractivity contribution < 1.29 is 18.0 Å². The first-order chi connectivity index (χ1) is 15.2. The minimum absolute atomic E-state index is 0.148. The molecule has 1 N–H and O–H groups in total. The number of rotatable bonds is 5. The van der Waals surface area contributed by atoms with Crippen LogP contribution in [0, 0.1) is 6.92 Å². The van der Waals surface area contributed by atoms with Crippen molar-refractivity contribution in [2.24, 2.45) is 0 Å². The molecule has 32 heavy (non-hydrogen) atoms. The number of halogens is 3. The van der Waals surface area contributed by atoms with Crippen LogP contribution in [-0.4, -0.2) is 25.1 Å². The highest BCUT2D eigenvalue weighted by atomic mass is 19.4. The van der Waals surface area contributed by atoms with Gasteiger partial charge in [-0.05, 0) is 24.6 Å². The number of fused-ring (bicyclic) bond motifs is 1. The molecule has 0 saturated heterocycles. The number of aromatic nitrogens is 4. The normalized spacial score (nSPS) is 11.6. The van der Waals surface area contributed by atoms with E-state index in [2.05, 4.69) is 15.4 Å². The van der Waals surface area contributed by atoms with E-state index in [-0.39, 0.29) is 18.0 Å². The highest BCUT2D eigenvalue weighted by Crippen LogP contribution is 2.30. The molecular formula is C22H18F3N5O2. The highest BCUT2D eigenvalue weighted by Gasteiger charge is 2.30. The van der Waals surface area contributed by atoms with Crippen LogP contribution in [0.15, 0.2) is 65.5 Å². The third kappa shape index (κ3) is 4.39. The van der Waals surface area contributed by atoms with E-state index in [0.29, 0.717) is 17.8 Å². The summed E-state index contributed by atoms with van der Waals surface area (Å²) in [6, 6.07) is 15.2. The van der Waals surface area contributed by atoms with Crippen LogP contribution in [0.1, 0.15) is 16.8 Å². The lowest BCUT2D eigenvalue weighted by molar-refractivity contribution is -0.137. The van der Waals surface area contributed by atoms with Crippen molar-refractivity contribution in [3.8, 4) is 11.4 Å². The summed E-state index contributed by atoms with van der Waals surface area (Å²) in [4.78, 5) is 29.6. The maximum atomic E-state index is 12.9. The van der Waals surface area contributed by atoms with Gasteiger partial charge in [0.25, 0.3) is 0 Å². The van der Waals surface area contributed by atoms with Crippen LogP contribution < -0.4 is 11.0 Å². The SMILES string of the molecule is Cc1cc2nn(CC(=O)NCc3ccccc3)c(=O)n2c(-c2ccc(C(F)(F)F)cc2)n1. The number of nitrogens with one attached hydrogen (secondary N) is 1. The average Bonchev–Trinajstić information content (AvgIpc) is 3.06. The van der Waals surface area contributed by atoms with Crippen LogP contribution in [0.3, 0.4) is 0 Å². The summed E-state index contributed by atoms with van der Waals surface area (Å²) in [6.07, 6.45) is -4.47. The molecule has 2 aromatic carbocycles. The number of hydrogen-bond donors (Lipinski definition) is 1. The Labute approximate surface area is 180 Å². The van der Waals surface area contributed by atoms with Crippen molar-refractivity contribution >= 4 is 11.6 Å². The molecule has 10 heteroatoms. The van der Waals surface area contributed by atoms with Crippen molar-refractivity contribution in [1.29, 1.82) is 0 Å². The fourth-order valence-corrected chi connectivity index (χ4v) is 3.25. The molecule has 0 saturated carbocycles. The van der Waals surface area contributed by atoms with E-state index in [1.54, 1.807) is 13.0 Å². The highest BCUT2D eigenvalue weighted by molar-refractivity contribution is 5.75. The third-order valence-electron chi connectivity index (χ3n) is 4.79. The van der Waals surface area contributed by atoms with Gasteiger partial charge >= 0.3 is 11.9 Å². The quantitative estimate of drug-likeness (QED) is 0.516. The van der Waals surface area contributed by atoms with Crippen molar-refractivity contribution in [2.45, 2.75) is 26.2 Å². The molecule has 0 spiro atoms. The van der Waals surface area contributed by atoms with Gasteiger partial charge in [-0.15, -0.1) is 5.10 Å². The minimum Gasteiger partial charge on any atom is -0.350 e. The number of aryl methyl sites for hydroxylation is 1. The Bertz CT molecular complexity index is 1330. The van der Waals surface area contributed by atoms with Crippen molar-refractivity contribution in [2.75, 3.05) is 0 Å². The molecule has 0 aliphatic carbocycles. The fraction of sp³-hybridized carbons (Fsp3) is 0.182. The number of benzene rings is 2. The zero-order valence-electron chi connectivity index (χ0n) is 16.9. The van der Waals surface area contributed by atoms with Crippen molar-refractivity contribution in [3.63, 3.8) is 0 Å². The molecule has 4 aromatic rings. The summed E-state index contributed by atoms with van der Waals surface area (Å²) in [5.41, 5.74) is 0.585. The minimum atomic E-state index is -4.47. The maximum Gasteiger partial charge on any atom is 0.416 e. The monoisotopic (exact) mass is 441 g/mol. The molecule has 0 aliphatic heterocycles. The lowest BCUT2D eigenvalue weighted by Crippen LogP contribution is -2.32. The van der Waals surface area contributed by atoms with Crippen molar-refractivity contribution in [3.05, 3.63) is 88.0 Å². The number of carbonyl (C=O) groups is 1. The van der Waals surface area contributed by atoms with Crippen LogP contribution in [0.4, 0.5) is 13.2 Å². The number of hydrogen-bond acceptors (Lipinski definition) is 4. The van der Waals surface area contributed by atoms with Crippen LogP contribution >= 0.6 is 0 Å². The number of alkyl halides is 3. The van der Waals surface area contributed by atoms with Gasteiger partial charge in [-0.2, -0.15) is 13.2 Å². The molecule has 0 fully saturated rings. The van der Waals surface area contributed by atoms with Gasteiger partial charge < -0.3 is 5.32 Å². The van der Waals surface area contributed by atoms with Crippen molar-refractivity contribution in [1.82, 2.24) is 24.5 Å². The summed E-state index contributed by atoms with van der Waals surface area (Å²) in [5, 5.41) is 6.92. The Morgan fingerprint density at radius 3 is 2.41 bits per heavy atom. The molecule has 7 nitrogen and oxygen atoms in total. The van der Waals surface area contributed by atoms with Gasteiger partial charge in [-0.3, -0.25) is 4.79 Å². The fourth-order valence-electron chi connectivity index (χ4n) is 3.25. The maximum absolute atomic E-state index is 12.9. The zero-order chi connectivity index (χ0) is 22.9. The molecule has 164 valence electrons. The first-order valence-electron chi connectivity index (χ1n) is 9.68. The molecule has 4 rings (SSSR count). The van der Waals surface area contributed by atoms with Gasteiger partial charge in [0.15, 0.2) is 5.65 Å². The Hall–Kier alpha value is -3.95. The Kier molecular flexibility index (Phi) is 5.52. The number of nitrogens with zero attached hydrogens (tertiary/aromatic N) is 4. The summed E-state index contributed by atoms with van der Waals surface area (Å²) < 4.78 is 40.8. The van der Waals surface area contributed by atoms with Gasteiger partial charge in [-0.25, -0.2) is 18.9 Å². The van der Waals surface area contributed by atoms with E-state index >= 15 is 0 Å². The largest absolute Gasteiger partial charge is 0.416 e. The smallest absolute Gasteiger partial charge is 0.350 e. The Morgan fingerprint density at radius 2 is 1.75 bits per heavy atom. The van der Waals surface area contributed by atoms with Crippen LogP contribution in [0.2, 0.25) is 0 Å². The summed E-state index contributed by atoms with van der Waals surface area (Å²) >= 11 is 0. The lowest BCUT2D eigenvalue weighted by atomic mass is 10.1. The summed E-state index contributed by atoms with van der Waals surface area (Å²) in [5.74, 6) is -0.255. The third-order valence-corrected chi connectivity index (χ3v) is 4.79. The second-order valence-electron chi connectivity index (χ2n) is 7.19. The second-order valence-corrected chi connectivity index (χ2v) is 7.19. The van der Waals surface area contributed by atoms with Crippen LogP contribution in [0.5, 0.6) is 0 Å². The summed E-state index contributed by atoms with van der Waals surface area (Å²) in [7, 11) is 0. The average molecular weight is 441 g/mol. The molecule has 0 aliphatic rings. The molecule has 2 aromatic heterocycles. The molecule has 0 unspecified atom stereocenters. The lowest BCUT2D eigenvalue weighted by Gasteiger charge is -2.08. The molecule has 0 atom stereocenters. The molecule has 0 radical (unpaired) electrons. The molecule has 2 heterocycles. The second kappa shape index (κ2) is 8.29. The Morgan fingerprint density at radius 1 is 1.06 bits per heavy atom. The van der Waals surface area contributed by atoms with Gasteiger partial charge in [0.2, 0.25) is 5.91 Å². The number of amides is 1. The first kappa shape index (κ1) is 21.3. The summed E-state index contributed by atoms with van der Waals surface area (Å²) in [6.45, 7) is 1.68. The van der Waals surface area contributed by atoms with Gasteiger partial charge in [-0.1, -0.05) is 42.5 Å². The number of carbonyl (C=O) groups excluding carboxylic acids is 1.